The molecule has 0 radical (unpaired) electrons. The van der Waals surface area contributed by atoms with Crippen LogP contribution in [-0.2, 0) is 13.1 Å². The summed E-state index contributed by atoms with van der Waals surface area (Å²) in [4.78, 5) is 22.0. The topological polar surface area (TPSA) is 70.2 Å². The Morgan fingerprint density at radius 2 is 1.71 bits per heavy atom. The molecule has 6 nitrogen and oxygen atoms in total. The molecule has 4 rings (SSSR count). The van der Waals surface area contributed by atoms with Crippen molar-refractivity contribution >= 4 is 33.9 Å². The van der Waals surface area contributed by atoms with Crippen LogP contribution in [0.4, 0.5) is 5.69 Å². The highest BCUT2D eigenvalue weighted by molar-refractivity contribution is 7.80. The number of ether oxygens (including phenoxy) is 1. The average molecular weight is 431 g/mol. The summed E-state index contributed by atoms with van der Waals surface area (Å²) in [5, 5.41) is 4.37. The Morgan fingerprint density at radius 1 is 1.00 bits per heavy atom. The van der Waals surface area contributed by atoms with Crippen LogP contribution < -0.4 is 15.6 Å². The zero-order valence-electron chi connectivity index (χ0n) is 17.0. The van der Waals surface area contributed by atoms with Crippen LogP contribution in [0, 0.1) is 0 Å². The van der Waals surface area contributed by atoms with Crippen LogP contribution in [0.25, 0.3) is 10.9 Å². The first-order chi connectivity index (χ1) is 15.1. The Hall–Kier alpha value is -3.71. The summed E-state index contributed by atoms with van der Waals surface area (Å²) >= 11 is 5.71. The molecule has 0 aliphatic heterocycles. The van der Waals surface area contributed by atoms with Crippen LogP contribution in [0.2, 0.25) is 0 Å². The Labute approximate surface area is 185 Å². The van der Waals surface area contributed by atoms with Gasteiger partial charge in [-0.15, -0.1) is 0 Å². The van der Waals surface area contributed by atoms with Gasteiger partial charge in [0.05, 0.1) is 24.6 Å². The highest BCUT2D eigenvalue weighted by atomic mass is 32.1. The predicted octanol–water partition coefficient (Wildman–Crippen LogP) is 4.33. The van der Waals surface area contributed by atoms with Gasteiger partial charge in [-0.25, -0.2) is 4.98 Å². The van der Waals surface area contributed by atoms with Crippen LogP contribution in [0.1, 0.15) is 11.4 Å². The monoisotopic (exact) mass is 430 g/mol. The number of hydrogen-bond acceptors (Lipinski definition) is 4. The smallest absolute Gasteiger partial charge is 0.258 e. The van der Waals surface area contributed by atoms with Crippen molar-refractivity contribution in [2.75, 3.05) is 12.4 Å². The number of rotatable bonds is 6. The molecule has 0 spiro atoms. The lowest BCUT2D eigenvalue weighted by atomic mass is 10.2. The van der Waals surface area contributed by atoms with Crippen molar-refractivity contribution in [3.05, 3.63) is 101 Å². The second-order valence-corrected chi connectivity index (χ2v) is 7.42. The molecule has 1 aromatic heterocycles. The number of thiocarbonyl (C=S) groups is 1. The predicted molar refractivity (Wildman–Crippen MR) is 127 cm³/mol. The number of anilines is 1. The third-order valence-electron chi connectivity index (χ3n) is 4.85. The average Bonchev–Trinajstić information content (AvgIpc) is 2.80. The van der Waals surface area contributed by atoms with Gasteiger partial charge in [-0.05, 0) is 54.2 Å². The van der Waals surface area contributed by atoms with Crippen molar-refractivity contribution in [3.8, 4) is 5.75 Å². The molecule has 0 amide bonds. The summed E-state index contributed by atoms with van der Waals surface area (Å²) in [5.74, 6) is 1.33. The van der Waals surface area contributed by atoms with E-state index in [0.717, 1.165) is 17.0 Å². The lowest BCUT2D eigenvalue weighted by Gasteiger charge is -2.26. The molecule has 156 valence electrons. The van der Waals surface area contributed by atoms with Crippen molar-refractivity contribution < 1.29 is 4.74 Å². The van der Waals surface area contributed by atoms with E-state index < -0.39 is 0 Å². The SMILES string of the molecule is COc1ccc(NC(=S)N(Cc2ccccc2)Cc2nc3ccccc3c(=O)[nH]2)cc1. The molecule has 0 unspecified atom stereocenters. The minimum Gasteiger partial charge on any atom is -0.497 e. The van der Waals surface area contributed by atoms with Crippen LogP contribution in [0.15, 0.2) is 83.7 Å². The van der Waals surface area contributed by atoms with Crippen molar-refractivity contribution in [3.63, 3.8) is 0 Å². The van der Waals surface area contributed by atoms with Crippen molar-refractivity contribution in [1.29, 1.82) is 0 Å². The fourth-order valence-corrected chi connectivity index (χ4v) is 3.52. The Balaban J connectivity index is 1.60. The first-order valence-electron chi connectivity index (χ1n) is 9.84. The molecule has 1 heterocycles. The summed E-state index contributed by atoms with van der Waals surface area (Å²) in [7, 11) is 1.63. The zero-order chi connectivity index (χ0) is 21.6. The zero-order valence-corrected chi connectivity index (χ0v) is 17.9. The number of aromatic amines is 1. The molecule has 0 fully saturated rings. The van der Waals surface area contributed by atoms with E-state index in [0.29, 0.717) is 34.9 Å². The van der Waals surface area contributed by atoms with Gasteiger partial charge >= 0.3 is 0 Å². The summed E-state index contributed by atoms with van der Waals surface area (Å²) < 4.78 is 5.21. The molecule has 0 saturated heterocycles. The fraction of sp³-hybridized carbons (Fsp3) is 0.125. The highest BCUT2D eigenvalue weighted by Crippen LogP contribution is 2.17. The molecular formula is C24H22N4O2S. The van der Waals surface area contributed by atoms with Crippen LogP contribution in [-0.4, -0.2) is 27.1 Å². The highest BCUT2D eigenvalue weighted by Gasteiger charge is 2.14. The van der Waals surface area contributed by atoms with Gasteiger partial charge < -0.3 is 19.9 Å². The second kappa shape index (κ2) is 9.40. The Bertz CT molecular complexity index is 1240. The molecule has 0 saturated carbocycles. The van der Waals surface area contributed by atoms with E-state index in [2.05, 4.69) is 15.3 Å². The number of hydrogen-bond donors (Lipinski definition) is 2. The number of fused-ring (bicyclic) bond motifs is 1. The molecule has 2 N–H and O–H groups in total. The number of methoxy groups -OCH3 is 1. The van der Waals surface area contributed by atoms with Crippen LogP contribution in [0.3, 0.4) is 0 Å². The maximum Gasteiger partial charge on any atom is 0.258 e. The van der Waals surface area contributed by atoms with E-state index in [1.807, 2.05) is 77.7 Å². The van der Waals surface area contributed by atoms with E-state index in [1.165, 1.54) is 0 Å². The number of para-hydroxylation sites is 1. The van der Waals surface area contributed by atoms with E-state index in [-0.39, 0.29) is 5.56 Å². The summed E-state index contributed by atoms with van der Waals surface area (Å²) in [6, 6.07) is 24.9. The maximum absolute atomic E-state index is 12.5. The van der Waals surface area contributed by atoms with E-state index in [9.17, 15) is 4.79 Å². The summed E-state index contributed by atoms with van der Waals surface area (Å²) in [6.45, 7) is 0.927. The molecule has 0 atom stereocenters. The van der Waals surface area contributed by atoms with Gasteiger partial charge in [0.25, 0.3) is 5.56 Å². The second-order valence-electron chi connectivity index (χ2n) is 7.03. The molecule has 3 aromatic carbocycles. The molecule has 7 heteroatoms. The first kappa shape index (κ1) is 20.6. The van der Waals surface area contributed by atoms with Crippen LogP contribution in [0.5, 0.6) is 5.75 Å². The van der Waals surface area contributed by atoms with Crippen LogP contribution >= 0.6 is 12.2 Å². The van der Waals surface area contributed by atoms with Crippen molar-refractivity contribution in [2.24, 2.45) is 0 Å². The van der Waals surface area contributed by atoms with E-state index >= 15 is 0 Å². The third kappa shape index (κ3) is 5.07. The minimum atomic E-state index is -0.158. The molecule has 0 aliphatic rings. The number of aromatic nitrogens is 2. The summed E-state index contributed by atoms with van der Waals surface area (Å²) in [5.41, 5.74) is 2.46. The lowest BCUT2D eigenvalue weighted by molar-refractivity contribution is 0.401. The van der Waals surface area contributed by atoms with E-state index in [4.69, 9.17) is 17.0 Å². The lowest BCUT2D eigenvalue weighted by Crippen LogP contribution is -2.35. The van der Waals surface area contributed by atoms with Gasteiger partial charge in [0, 0.05) is 12.2 Å². The van der Waals surface area contributed by atoms with Crippen molar-refractivity contribution in [1.82, 2.24) is 14.9 Å². The Morgan fingerprint density at radius 3 is 2.45 bits per heavy atom. The molecule has 4 aromatic rings. The van der Waals surface area contributed by atoms with Gasteiger partial charge in [0.15, 0.2) is 5.11 Å². The quantitative estimate of drug-likeness (QED) is 0.444. The van der Waals surface area contributed by atoms with Gasteiger partial charge in [0.2, 0.25) is 0 Å². The van der Waals surface area contributed by atoms with Gasteiger partial charge in [-0.2, -0.15) is 0 Å². The van der Waals surface area contributed by atoms with Gasteiger partial charge in [-0.1, -0.05) is 42.5 Å². The number of nitrogens with zero attached hydrogens (tertiary/aromatic N) is 2. The standard InChI is InChI=1S/C24H22N4O2S/c1-30-19-13-11-18(12-14-19)25-24(31)28(15-17-7-3-2-4-8-17)16-22-26-21-10-6-5-9-20(21)23(29)27-22/h2-14H,15-16H2,1H3,(H,25,31)(H,26,27,29). The third-order valence-corrected chi connectivity index (χ3v) is 5.21. The van der Waals surface area contributed by atoms with Gasteiger partial charge in [-0.3, -0.25) is 4.79 Å². The summed E-state index contributed by atoms with van der Waals surface area (Å²) in [6.07, 6.45) is 0. The van der Waals surface area contributed by atoms with E-state index in [1.54, 1.807) is 13.2 Å². The molecular weight excluding hydrogens is 408 g/mol. The van der Waals surface area contributed by atoms with Crippen molar-refractivity contribution in [2.45, 2.75) is 13.1 Å². The maximum atomic E-state index is 12.5. The fourth-order valence-electron chi connectivity index (χ4n) is 3.27. The number of benzene rings is 3. The molecule has 0 aliphatic carbocycles. The minimum absolute atomic E-state index is 0.158. The normalized spacial score (nSPS) is 10.6. The first-order valence-corrected chi connectivity index (χ1v) is 10.2. The van der Waals surface area contributed by atoms with Gasteiger partial charge in [0.1, 0.15) is 11.6 Å². The number of H-pyrrole nitrogens is 1. The Kier molecular flexibility index (Phi) is 6.24. The molecule has 31 heavy (non-hydrogen) atoms. The largest absolute Gasteiger partial charge is 0.497 e. The molecule has 0 bridgehead atoms. The number of nitrogens with one attached hydrogen (secondary N) is 2.